The fourth-order valence-corrected chi connectivity index (χ4v) is 2.54. The van der Waals surface area contributed by atoms with Gasteiger partial charge in [-0.15, -0.1) is 0 Å². The van der Waals surface area contributed by atoms with E-state index in [9.17, 15) is 5.11 Å². The Morgan fingerprint density at radius 1 is 1.14 bits per heavy atom. The summed E-state index contributed by atoms with van der Waals surface area (Å²) in [6.07, 6.45) is 6.59. The molecule has 2 heteroatoms. The highest BCUT2D eigenvalue weighted by Crippen LogP contribution is 2.18. The molecule has 0 radical (unpaired) electrons. The second-order valence-corrected chi connectivity index (χ2v) is 5.73. The van der Waals surface area contributed by atoms with E-state index in [-0.39, 0.29) is 0 Å². The van der Waals surface area contributed by atoms with Gasteiger partial charge in [0.25, 0.3) is 0 Å². The van der Waals surface area contributed by atoms with E-state index >= 15 is 0 Å². The number of nitrogens with two attached hydrogens (primary N) is 1. The normalized spacial score (nSPS) is 11.0. The molecule has 0 aliphatic rings. The van der Waals surface area contributed by atoms with Crippen LogP contribution in [0.25, 0.3) is 0 Å². The van der Waals surface area contributed by atoms with Crippen molar-refractivity contribution in [2.24, 2.45) is 5.73 Å². The first kappa shape index (κ1) is 17.8. The van der Waals surface area contributed by atoms with Crippen LogP contribution in [-0.4, -0.2) is 17.3 Å². The Morgan fingerprint density at radius 2 is 1.86 bits per heavy atom. The van der Waals surface area contributed by atoms with E-state index in [2.05, 4.69) is 37.8 Å². The quantitative estimate of drug-likeness (QED) is 0.566. The summed E-state index contributed by atoms with van der Waals surface area (Å²) in [5.74, 6) is 6.26. The molecular weight excluding hydrogens is 258 g/mol. The Labute approximate surface area is 129 Å². The molecule has 0 amide bonds. The molecule has 3 N–H and O–H groups in total. The molecule has 0 fully saturated rings. The first-order valence-corrected chi connectivity index (χ1v) is 8.18. The molecule has 0 atom stereocenters. The van der Waals surface area contributed by atoms with E-state index in [0.29, 0.717) is 0 Å². The van der Waals surface area contributed by atoms with Crippen LogP contribution < -0.4 is 5.73 Å². The highest BCUT2D eigenvalue weighted by Gasteiger charge is 2.21. The van der Waals surface area contributed by atoms with Crippen molar-refractivity contribution in [3.8, 4) is 11.8 Å². The third kappa shape index (κ3) is 6.80. The van der Waals surface area contributed by atoms with Crippen molar-refractivity contribution >= 4 is 0 Å². The topological polar surface area (TPSA) is 46.2 Å². The minimum absolute atomic E-state index is 0.740. The zero-order chi connectivity index (χ0) is 15.6. The Bertz CT molecular complexity index is 464. The SMILES string of the molecule is CCCC(O)(C#Cc1cccc(CCCCN)c1)CCC. The Morgan fingerprint density at radius 3 is 2.48 bits per heavy atom. The van der Waals surface area contributed by atoms with Gasteiger partial charge in [-0.25, -0.2) is 0 Å². The molecule has 0 unspecified atom stereocenters. The molecule has 0 spiro atoms. The van der Waals surface area contributed by atoms with Crippen molar-refractivity contribution in [1.82, 2.24) is 0 Å². The van der Waals surface area contributed by atoms with Crippen LogP contribution in [0, 0.1) is 11.8 Å². The van der Waals surface area contributed by atoms with Crippen molar-refractivity contribution < 1.29 is 5.11 Å². The smallest absolute Gasteiger partial charge is 0.125 e. The maximum absolute atomic E-state index is 10.5. The van der Waals surface area contributed by atoms with E-state index in [0.717, 1.165) is 57.1 Å². The molecule has 0 aliphatic carbocycles. The van der Waals surface area contributed by atoms with Crippen LogP contribution in [0.5, 0.6) is 0 Å². The van der Waals surface area contributed by atoms with Crippen LogP contribution in [0.2, 0.25) is 0 Å². The summed E-state index contributed by atoms with van der Waals surface area (Å²) in [6, 6.07) is 8.31. The lowest BCUT2D eigenvalue weighted by Crippen LogP contribution is -2.25. The lowest BCUT2D eigenvalue weighted by atomic mass is 9.93. The lowest BCUT2D eigenvalue weighted by Gasteiger charge is -2.20. The summed E-state index contributed by atoms with van der Waals surface area (Å²) >= 11 is 0. The monoisotopic (exact) mass is 287 g/mol. The molecule has 0 aliphatic heterocycles. The second-order valence-electron chi connectivity index (χ2n) is 5.73. The molecule has 21 heavy (non-hydrogen) atoms. The van der Waals surface area contributed by atoms with Gasteiger partial charge in [-0.3, -0.25) is 0 Å². The number of hydrogen-bond donors (Lipinski definition) is 2. The van der Waals surface area contributed by atoms with E-state index in [1.165, 1.54) is 5.56 Å². The van der Waals surface area contributed by atoms with Gasteiger partial charge in [-0.05, 0) is 56.3 Å². The first-order valence-electron chi connectivity index (χ1n) is 8.18. The molecule has 0 aromatic heterocycles. The average Bonchev–Trinajstić information content (AvgIpc) is 2.47. The maximum Gasteiger partial charge on any atom is 0.125 e. The average molecular weight is 287 g/mol. The highest BCUT2D eigenvalue weighted by molar-refractivity contribution is 5.38. The fraction of sp³-hybridized carbons (Fsp3) is 0.579. The van der Waals surface area contributed by atoms with Gasteiger partial charge >= 0.3 is 0 Å². The van der Waals surface area contributed by atoms with E-state index < -0.39 is 5.60 Å². The predicted octanol–water partition coefficient (Wildman–Crippen LogP) is 3.65. The zero-order valence-electron chi connectivity index (χ0n) is 13.5. The van der Waals surface area contributed by atoms with Crippen LogP contribution in [-0.2, 0) is 6.42 Å². The molecule has 1 rings (SSSR count). The Balaban J connectivity index is 2.77. The summed E-state index contributed by atoms with van der Waals surface area (Å²) in [5, 5.41) is 10.5. The predicted molar refractivity (Wildman–Crippen MR) is 90.1 cm³/mol. The number of unbranched alkanes of at least 4 members (excludes halogenated alkanes) is 1. The van der Waals surface area contributed by atoms with Crippen molar-refractivity contribution in [1.29, 1.82) is 0 Å². The van der Waals surface area contributed by atoms with E-state index in [1.54, 1.807) is 0 Å². The summed E-state index contributed by atoms with van der Waals surface area (Å²) in [5.41, 5.74) is 6.98. The third-order valence-electron chi connectivity index (χ3n) is 3.61. The molecule has 1 aromatic carbocycles. The fourth-order valence-electron chi connectivity index (χ4n) is 2.54. The second kappa shape index (κ2) is 9.60. The van der Waals surface area contributed by atoms with Gasteiger partial charge in [0.1, 0.15) is 5.60 Å². The van der Waals surface area contributed by atoms with Crippen LogP contribution in [0.4, 0.5) is 0 Å². The van der Waals surface area contributed by atoms with Gasteiger partial charge < -0.3 is 10.8 Å². The van der Waals surface area contributed by atoms with Crippen molar-refractivity contribution in [3.05, 3.63) is 35.4 Å². The lowest BCUT2D eigenvalue weighted by molar-refractivity contribution is 0.0807. The molecule has 0 heterocycles. The highest BCUT2D eigenvalue weighted by atomic mass is 16.3. The van der Waals surface area contributed by atoms with E-state index in [1.807, 2.05) is 12.1 Å². The van der Waals surface area contributed by atoms with Crippen LogP contribution in [0.3, 0.4) is 0 Å². The third-order valence-corrected chi connectivity index (χ3v) is 3.61. The Kier molecular flexibility index (Phi) is 8.12. The van der Waals surface area contributed by atoms with Crippen LogP contribution in [0.15, 0.2) is 24.3 Å². The number of aliphatic hydroxyl groups is 1. The number of benzene rings is 1. The molecule has 0 saturated carbocycles. The minimum atomic E-state index is -0.834. The molecule has 2 nitrogen and oxygen atoms in total. The van der Waals surface area contributed by atoms with Gasteiger partial charge in [0, 0.05) is 5.56 Å². The summed E-state index contributed by atoms with van der Waals surface area (Å²) in [4.78, 5) is 0. The van der Waals surface area contributed by atoms with Crippen molar-refractivity contribution in [3.63, 3.8) is 0 Å². The van der Waals surface area contributed by atoms with E-state index in [4.69, 9.17) is 5.73 Å². The van der Waals surface area contributed by atoms with Crippen molar-refractivity contribution in [2.45, 2.75) is 64.4 Å². The molecule has 1 aromatic rings. The van der Waals surface area contributed by atoms with Gasteiger partial charge in [0.2, 0.25) is 0 Å². The van der Waals surface area contributed by atoms with Crippen LogP contribution >= 0.6 is 0 Å². The maximum atomic E-state index is 10.5. The zero-order valence-corrected chi connectivity index (χ0v) is 13.5. The Hall–Kier alpha value is -1.30. The molecule has 116 valence electrons. The molecule has 0 bridgehead atoms. The summed E-state index contributed by atoms with van der Waals surface area (Å²) in [7, 11) is 0. The van der Waals surface area contributed by atoms with Gasteiger partial charge in [0.15, 0.2) is 0 Å². The van der Waals surface area contributed by atoms with Crippen molar-refractivity contribution in [2.75, 3.05) is 6.54 Å². The number of hydrogen-bond acceptors (Lipinski definition) is 2. The standard InChI is InChI=1S/C19H29NO/c1-3-12-19(21,13-4-2)14-11-18-10-7-9-17(16-18)8-5-6-15-20/h7,9-10,16,21H,3-6,8,12-13,15,20H2,1-2H3. The molecular formula is C19H29NO. The number of aryl methyl sites for hydroxylation is 1. The summed E-state index contributed by atoms with van der Waals surface area (Å²) < 4.78 is 0. The van der Waals surface area contributed by atoms with Crippen LogP contribution in [0.1, 0.15) is 63.5 Å². The van der Waals surface area contributed by atoms with Gasteiger partial charge in [-0.1, -0.05) is 50.7 Å². The summed E-state index contributed by atoms with van der Waals surface area (Å²) in [6.45, 7) is 4.92. The van der Waals surface area contributed by atoms with Gasteiger partial charge in [-0.2, -0.15) is 0 Å². The number of rotatable bonds is 8. The van der Waals surface area contributed by atoms with Gasteiger partial charge in [0.05, 0.1) is 0 Å². The first-order chi connectivity index (χ1) is 10.1. The minimum Gasteiger partial charge on any atom is -0.378 e. The largest absolute Gasteiger partial charge is 0.378 e. The molecule has 0 saturated heterocycles.